The van der Waals surface area contributed by atoms with Crippen molar-refractivity contribution in [3.05, 3.63) is 45.9 Å². The average Bonchev–Trinajstić information content (AvgIpc) is 2.72. The number of nitrogens with one attached hydrogen (secondary N) is 2. The Morgan fingerprint density at radius 1 is 1.34 bits per heavy atom. The maximum Gasteiger partial charge on any atom is 0.234 e. The maximum absolute atomic E-state index is 14.5. The summed E-state index contributed by atoms with van der Waals surface area (Å²) in [4.78, 5) is 22.1. The molecule has 0 radical (unpaired) electrons. The van der Waals surface area contributed by atoms with E-state index in [1.54, 1.807) is 29.2 Å². The molecule has 1 atom stereocenters. The lowest BCUT2D eigenvalue weighted by Gasteiger charge is -2.18. The van der Waals surface area contributed by atoms with Crippen molar-refractivity contribution in [2.24, 2.45) is 0 Å². The second-order valence-corrected chi connectivity index (χ2v) is 8.73. The summed E-state index contributed by atoms with van der Waals surface area (Å²) in [7, 11) is 3.64. The van der Waals surface area contributed by atoms with Crippen LogP contribution in [-0.4, -0.2) is 54.1 Å². The van der Waals surface area contributed by atoms with Crippen LogP contribution in [-0.2, 0) is 4.79 Å². The van der Waals surface area contributed by atoms with Gasteiger partial charge in [0, 0.05) is 15.9 Å². The highest BCUT2D eigenvalue weighted by Gasteiger charge is 2.15. The number of fused-ring (bicyclic) bond motifs is 1. The van der Waals surface area contributed by atoms with Crippen LogP contribution in [0.3, 0.4) is 0 Å². The second kappa shape index (κ2) is 10.3. The monoisotopic (exact) mass is 524 g/mol. The van der Waals surface area contributed by atoms with Gasteiger partial charge in [0.15, 0.2) is 5.82 Å². The number of rotatable bonds is 8. The minimum atomic E-state index is -0.606. The second-order valence-electron chi connectivity index (χ2n) is 7.49. The fourth-order valence-electron chi connectivity index (χ4n) is 2.94. The Kier molecular flexibility index (Phi) is 7.70. The number of hydrogen-bond acceptors (Lipinski definition) is 7. The van der Waals surface area contributed by atoms with Crippen LogP contribution in [0.2, 0.25) is 5.02 Å². The Balaban J connectivity index is 1.78. The third kappa shape index (κ3) is 5.76. The van der Waals surface area contributed by atoms with Crippen LogP contribution < -0.4 is 21.1 Å². The number of likely N-dealkylation sites (N-methyl/N-ethyl adjacent to an activating group) is 1. The first-order valence-corrected chi connectivity index (χ1v) is 10.8. The van der Waals surface area contributed by atoms with E-state index in [1.165, 1.54) is 6.33 Å². The fourth-order valence-corrected chi connectivity index (χ4v) is 3.41. The molecule has 0 bridgehead atoms. The normalized spacial score (nSPS) is 12.1. The molecule has 1 amide bonds. The Labute approximate surface area is 198 Å². The van der Waals surface area contributed by atoms with Crippen LogP contribution in [0.1, 0.15) is 6.92 Å². The first-order valence-electron chi connectivity index (χ1n) is 9.67. The van der Waals surface area contributed by atoms with Crippen molar-refractivity contribution in [1.82, 2.24) is 20.2 Å². The summed E-state index contributed by atoms with van der Waals surface area (Å²) in [6, 6.07) is 6.30. The van der Waals surface area contributed by atoms with Crippen molar-refractivity contribution in [3.8, 4) is 5.75 Å². The number of aromatic nitrogens is 2. The smallest absolute Gasteiger partial charge is 0.234 e. The quantitative estimate of drug-likeness (QED) is 0.302. The van der Waals surface area contributed by atoms with E-state index < -0.39 is 5.82 Å². The van der Waals surface area contributed by atoms with Gasteiger partial charge in [-0.3, -0.25) is 4.79 Å². The molecule has 0 fully saturated rings. The van der Waals surface area contributed by atoms with E-state index in [4.69, 9.17) is 22.1 Å². The van der Waals surface area contributed by atoms with Gasteiger partial charge in [-0.2, -0.15) is 0 Å². The first kappa shape index (κ1) is 24.0. The van der Waals surface area contributed by atoms with Crippen LogP contribution in [0.15, 0.2) is 35.1 Å². The third-order valence-electron chi connectivity index (χ3n) is 4.41. The molecule has 1 heterocycles. The van der Waals surface area contributed by atoms with Gasteiger partial charge in [-0.15, -0.1) is 0 Å². The molecule has 0 aliphatic heterocycles. The number of halogens is 3. The maximum atomic E-state index is 14.5. The summed E-state index contributed by atoms with van der Waals surface area (Å²) in [6.45, 7) is 2.36. The summed E-state index contributed by atoms with van der Waals surface area (Å²) in [5.74, 6) is 0.0935. The average molecular weight is 526 g/mol. The molecule has 1 aromatic heterocycles. The number of nitrogens with two attached hydrogens (primary N) is 1. The molecule has 0 spiro atoms. The molecule has 170 valence electrons. The zero-order valence-electron chi connectivity index (χ0n) is 17.7. The SMILES string of the molecule is C[C@@H](COc1cc2ncnc(Nc3ccc(Br)c(Cl)c3F)c2cc1N)NC(=O)CN(C)C. The van der Waals surface area contributed by atoms with Crippen molar-refractivity contribution < 1.29 is 13.9 Å². The van der Waals surface area contributed by atoms with Gasteiger partial charge in [-0.05, 0) is 55.1 Å². The molecule has 32 heavy (non-hydrogen) atoms. The number of anilines is 3. The lowest BCUT2D eigenvalue weighted by atomic mass is 10.2. The molecule has 8 nitrogen and oxygen atoms in total. The van der Waals surface area contributed by atoms with Gasteiger partial charge < -0.3 is 26.0 Å². The van der Waals surface area contributed by atoms with E-state index in [-0.39, 0.29) is 29.3 Å². The van der Waals surface area contributed by atoms with E-state index in [1.807, 2.05) is 21.0 Å². The van der Waals surface area contributed by atoms with Gasteiger partial charge >= 0.3 is 0 Å². The van der Waals surface area contributed by atoms with Crippen molar-refractivity contribution in [3.63, 3.8) is 0 Å². The van der Waals surface area contributed by atoms with Gasteiger partial charge in [0.1, 0.15) is 24.5 Å². The summed E-state index contributed by atoms with van der Waals surface area (Å²) in [6.07, 6.45) is 1.35. The summed E-state index contributed by atoms with van der Waals surface area (Å²) in [5, 5.41) is 6.35. The molecule has 11 heteroatoms. The Bertz CT molecular complexity index is 1150. The van der Waals surface area contributed by atoms with Crippen LogP contribution >= 0.6 is 27.5 Å². The highest BCUT2D eigenvalue weighted by atomic mass is 79.9. The predicted molar refractivity (Wildman–Crippen MR) is 128 cm³/mol. The van der Waals surface area contributed by atoms with E-state index >= 15 is 0 Å². The minimum Gasteiger partial charge on any atom is -0.489 e. The van der Waals surface area contributed by atoms with Crippen molar-refractivity contribution in [2.45, 2.75) is 13.0 Å². The number of ether oxygens (including phenoxy) is 1. The third-order valence-corrected chi connectivity index (χ3v) is 5.67. The van der Waals surface area contributed by atoms with Gasteiger partial charge in [0.25, 0.3) is 0 Å². The molecule has 3 aromatic rings. The zero-order chi connectivity index (χ0) is 23.4. The lowest BCUT2D eigenvalue weighted by molar-refractivity contribution is -0.122. The van der Waals surface area contributed by atoms with Crippen molar-refractivity contribution in [1.29, 1.82) is 0 Å². The molecule has 0 saturated heterocycles. The van der Waals surface area contributed by atoms with Crippen molar-refractivity contribution in [2.75, 3.05) is 38.3 Å². The molecule has 0 aliphatic carbocycles. The number of amides is 1. The molecule has 2 aromatic carbocycles. The standard InChI is InChI=1S/C21H23BrClFN6O2/c1-11(28-18(31)8-30(2)3)9-32-17-7-16-12(6-14(17)25)21(27-10-26-16)29-15-5-4-13(22)19(23)20(15)24/h4-7,10-11H,8-9,25H2,1-3H3,(H,28,31)(H,26,27,29)/t11-/m0/s1. The number of benzene rings is 2. The molecule has 4 N–H and O–H groups in total. The highest BCUT2D eigenvalue weighted by Crippen LogP contribution is 2.34. The number of nitrogen functional groups attached to an aromatic ring is 1. The molecule has 0 aliphatic rings. The van der Waals surface area contributed by atoms with E-state index in [9.17, 15) is 9.18 Å². The van der Waals surface area contributed by atoms with Gasteiger partial charge in [0.2, 0.25) is 5.91 Å². The highest BCUT2D eigenvalue weighted by molar-refractivity contribution is 9.10. The number of nitrogens with zero attached hydrogens (tertiary/aromatic N) is 3. The fraction of sp³-hybridized carbons (Fsp3) is 0.286. The van der Waals surface area contributed by atoms with Gasteiger partial charge in [-0.1, -0.05) is 11.6 Å². The Morgan fingerprint density at radius 2 is 2.09 bits per heavy atom. The molecule has 3 rings (SSSR count). The summed E-state index contributed by atoms with van der Waals surface area (Å²) >= 11 is 9.16. The predicted octanol–water partition coefficient (Wildman–Crippen LogP) is 3.96. The molecule has 0 unspecified atom stereocenters. The number of carbonyl (C=O) groups is 1. The summed E-state index contributed by atoms with van der Waals surface area (Å²) < 4.78 is 20.7. The van der Waals surface area contributed by atoms with Crippen LogP contribution in [0, 0.1) is 5.82 Å². The number of hydrogen-bond donors (Lipinski definition) is 3. The van der Waals surface area contributed by atoms with Crippen molar-refractivity contribution >= 4 is 61.5 Å². The largest absolute Gasteiger partial charge is 0.489 e. The van der Waals surface area contributed by atoms with E-state index in [0.29, 0.717) is 39.2 Å². The first-order chi connectivity index (χ1) is 15.2. The zero-order valence-corrected chi connectivity index (χ0v) is 20.1. The van der Waals surface area contributed by atoms with Crippen LogP contribution in [0.4, 0.5) is 21.6 Å². The molecular formula is C21H23BrClFN6O2. The van der Waals surface area contributed by atoms with E-state index in [0.717, 1.165) is 0 Å². The number of carbonyl (C=O) groups excluding carboxylic acids is 1. The minimum absolute atomic E-state index is 0.0321. The Hall–Kier alpha value is -2.69. The van der Waals surface area contributed by atoms with E-state index in [2.05, 4.69) is 36.5 Å². The van der Waals surface area contributed by atoms with Crippen LogP contribution in [0.25, 0.3) is 10.9 Å². The molecule has 0 saturated carbocycles. The van der Waals surface area contributed by atoms with Crippen LogP contribution in [0.5, 0.6) is 5.75 Å². The Morgan fingerprint density at radius 3 is 2.81 bits per heavy atom. The lowest BCUT2D eigenvalue weighted by Crippen LogP contribution is -2.41. The van der Waals surface area contributed by atoms with Gasteiger partial charge in [0.05, 0.1) is 34.5 Å². The van der Waals surface area contributed by atoms with Gasteiger partial charge in [-0.25, -0.2) is 14.4 Å². The molecular weight excluding hydrogens is 503 g/mol. The summed E-state index contributed by atoms with van der Waals surface area (Å²) in [5.41, 5.74) is 7.25. The topological polar surface area (TPSA) is 105 Å².